The van der Waals surface area contributed by atoms with Gasteiger partial charge in [0, 0.05) is 29.1 Å². The number of nitrogens with one attached hydrogen (secondary N) is 3. The Labute approximate surface area is 218 Å². The van der Waals surface area contributed by atoms with Gasteiger partial charge in [0.25, 0.3) is 11.8 Å². The number of aromatic nitrogens is 1. The molecule has 0 saturated heterocycles. The van der Waals surface area contributed by atoms with E-state index in [1.807, 2.05) is 6.92 Å². The molecular formula is C26H29FN6O5. The summed E-state index contributed by atoms with van der Waals surface area (Å²) in [5.41, 5.74) is 8.64. The van der Waals surface area contributed by atoms with Crippen LogP contribution in [-0.4, -0.2) is 46.7 Å². The number of methoxy groups -OCH3 is 1. The number of nitrogen functional groups attached to an aromatic ring is 1. The Bertz CT molecular complexity index is 1320. The molecule has 0 bridgehead atoms. The van der Waals surface area contributed by atoms with E-state index in [2.05, 4.69) is 15.7 Å². The fourth-order valence-electron chi connectivity index (χ4n) is 3.47. The van der Waals surface area contributed by atoms with E-state index in [-0.39, 0.29) is 40.4 Å². The van der Waals surface area contributed by atoms with Crippen molar-refractivity contribution in [3.63, 3.8) is 0 Å². The Kier molecular flexibility index (Phi) is 9.17. The number of hydrogen-bond donors (Lipinski definition) is 5. The van der Waals surface area contributed by atoms with Gasteiger partial charge in [-0.3, -0.25) is 25.2 Å². The first kappa shape index (κ1) is 27.9. The zero-order valence-corrected chi connectivity index (χ0v) is 21.1. The number of anilines is 1. The van der Waals surface area contributed by atoms with Gasteiger partial charge in [-0.1, -0.05) is 13.0 Å². The molecule has 0 aliphatic rings. The number of benzene rings is 2. The first-order valence-electron chi connectivity index (χ1n) is 11.6. The second-order valence-electron chi connectivity index (χ2n) is 8.21. The van der Waals surface area contributed by atoms with Crippen molar-refractivity contribution in [1.82, 2.24) is 15.6 Å². The van der Waals surface area contributed by atoms with Gasteiger partial charge < -0.3 is 20.5 Å². The summed E-state index contributed by atoms with van der Waals surface area (Å²) in [5, 5.41) is 20.9. The number of nitrogens with two attached hydrogens (primary N) is 1. The smallest absolute Gasteiger partial charge is 0.293 e. The Morgan fingerprint density at radius 3 is 2.55 bits per heavy atom. The van der Waals surface area contributed by atoms with Gasteiger partial charge in [-0.05, 0) is 55.3 Å². The summed E-state index contributed by atoms with van der Waals surface area (Å²) in [6.07, 6.45) is 2.00. The molecule has 11 nitrogen and oxygen atoms in total. The average molecular weight is 525 g/mol. The topological polar surface area (TPSA) is 163 Å². The van der Waals surface area contributed by atoms with Crippen LogP contribution in [-0.2, 0) is 4.79 Å². The maximum Gasteiger partial charge on any atom is 0.293 e. The van der Waals surface area contributed by atoms with Gasteiger partial charge in [0.1, 0.15) is 23.3 Å². The number of halogens is 1. The second-order valence-corrected chi connectivity index (χ2v) is 8.21. The molecule has 200 valence electrons. The number of carbonyl (C=O) groups is 2. The quantitative estimate of drug-likeness (QED) is 0.117. The number of ether oxygens (including phenoxy) is 2. The third-order valence-electron chi connectivity index (χ3n) is 5.44. The van der Waals surface area contributed by atoms with Crippen LogP contribution >= 0.6 is 0 Å². The third-order valence-corrected chi connectivity index (χ3v) is 5.44. The number of rotatable bonds is 10. The number of pyridine rings is 1. The molecule has 6 N–H and O–H groups in total. The highest BCUT2D eigenvalue weighted by Gasteiger charge is 2.32. The van der Waals surface area contributed by atoms with Crippen molar-refractivity contribution < 1.29 is 28.7 Å². The Balaban J connectivity index is 2.00. The van der Waals surface area contributed by atoms with Crippen LogP contribution < -0.4 is 25.9 Å². The number of nitrogens with zero attached hydrogens (tertiary/aromatic N) is 2. The predicted octanol–water partition coefficient (Wildman–Crippen LogP) is 3.33. The molecule has 1 aromatic heterocycles. The summed E-state index contributed by atoms with van der Waals surface area (Å²) in [6.45, 7) is 3.71. The highest BCUT2D eigenvalue weighted by Crippen LogP contribution is 2.33. The monoisotopic (exact) mass is 524 g/mol. The maximum atomic E-state index is 15.6. The minimum absolute atomic E-state index is 0.00788. The molecule has 0 fully saturated rings. The SMILES string of the molecule is CCCOc1cc(OC)cc(C(Nc2ccc(C(=N)N)cc2)C(=O)N(O)NC(=O)c2ncccc2C)c1F. The van der Waals surface area contributed by atoms with Crippen molar-refractivity contribution >= 4 is 23.3 Å². The van der Waals surface area contributed by atoms with Crippen molar-refractivity contribution in [1.29, 1.82) is 5.41 Å². The molecule has 12 heteroatoms. The van der Waals surface area contributed by atoms with E-state index >= 15 is 4.39 Å². The van der Waals surface area contributed by atoms with Crippen molar-refractivity contribution in [2.75, 3.05) is 19.0 Å². The van der Waals surface area contributed by atoms with E-state index in [1.165, 1.54) is 49.7 Å². The van der Waals surface area contributed by atoms with Crippen molar-refractivity contribution in [2.24, 2.45) is 5.73 Å². The lowest BCUT2D eigenvalue weighted by Gasteiger charge is -2.25. The number of hydrazine groups is 1. The van der Waals surface area contributed by atoms with Gasteiger partial charge in [0.05, 0.1) is 13.7 Å². The van der Waals surface area contributed by atoms with Crippen molar-refractivity contribution in [3.05, 3.63) is 82.9 Å². The van der Waals surface area contributed by atoms with E-state index in [0.717, 1.165) is 0 Å². The molecule has 0 aliphatic carbocycles. The van der Waals surface area contributed by atoms with Crippen LogP contribution in [0.1, 0.15) is 46.6 Å². The summed E-state index contributed by atoms with van der Waals surface area (Å²) in [6, 6.07) is 10.5. The summed E-state index contributed by atoms with van der Waals surface area (Å²) < 4.78 is 26.4. The summed E-state index contributed by atoms with van der Waals surface area (Å²) in [4.78, 5) is 30.0. The Morgan fingerprint density at radius 2 is 1.95 bits per heavy atom. The molecule has 38 heavy (non-hydrogen) atoms. The molecule has 3 rings (SSSR count). The normalized spacial score (nSPS) is 11.3. The van der Waals surface area contributed by atoms with E-state index < -0.39 is 23.7 Å². The third kappa shape index (κ3) is 6.53. The molecule has 0 radical (unpaired) electrons. The van der Waals surface area contributed by atoms with Crippen LogP contribution in [0.15, 0.2) is 54.7 Å². The minimum atomic E-state index is -1.55. The molecule has 0 saturated carbocycles. The standard InChI is InChI=1S/C26H29FN6O5/c1-4-12-38-20-14-18(37-3)13-19(21(20)27)23(31-17-9-7-16(8-10-17)24(28)29)26(35)33(36)32-25(34)22-15(2)6-5-11-30-22/h5-11,13-14,23,31,36H,4,12H2,1-3H3,(H3,28,29)(H,32,34). The van der Waals surface area contributed by atoms with E-state index in [0.29, 0.717) is 23.2 Å². The van der Waals surface area contributed by atoms with Crippen LogP contribution in [0.2, 0.25) is 0 Å². The van der Waals surface area contributed by atoms with E-state index in [4.69, 9.17) is 20.6 Å². The lowest BCUT2D eigenvalue weighted by atomic mass is 10.0. The fourth-order valence-corrected chi connectivity index (χ4v) is 3.47. The van der Waals surface area contributed by atoms with Gasteiger partial charge >= 0.3 is 0 Å². The second kappa shape index (κ2) is 12.5. The van der Waals surface area contributed by atoms with E-state index in [9.17, 15) is 14.8 Å². The Hall–Kier alpha value is -4.71. The Morgan fingerprint density at radius 1 is 1.24 bits per heavy atom. The van der Waals surface area contributed by atoms with Crippen LogP contribution in [0, 0.1) is 18.2 Å². The van der Waals surface area contributed by atoms with Crippen molar-refractivity contribution in [3.8, 4) is 11.5 Å². The number of amidine groups is 1. The predicted molar refractivity (Wildman–Crippen MR) is 138 cm³/mol. The van der Waals surface area contributed by atoms with Crippen LogP contribution in [0.4, 0.5) is 10.1 Å². The van der Waals surface area contributed by atoms with Gasteiger partial charge in [0.2, 0.25) is 0 Å². The molecule has 2 amide bonds. The largest absolute Gasteiger partial charge is 0.497 e. The van der Waals surface area contributed by atoms with Crippen LogP contribution in [0.5, 0.6) is 11.5 Å². The molecule has 1 atom stereocenters. The van der Waals surface area contributed by atoms with Gasteiger partial charge in [-0.25, -0.2) is 9.82 Å². The molecule has 1 unspecified atom stereocenters. The zero-order chi connectivity index (χ0) is 27.8. The summed E-state index contributed by atoms with van der Waals surface area (Å²) >= 11 is 0. The number of carbonyl (C=O) groups excluding carboxylic acids is 2. The fraction of sp³-hybridized carbons (Fsp3) is 0.231. The van der Waals surface area contributed by atoms with Gasteiger partial charge in [-0.15, -0.1) is 5.17 Å². The highest BCUT2D eigenvalue weighted by atomic mass is 19.1. The molecular weight excluding hydrogens is 495 g/mol. The summed E-state index contributed by atoms with van der Waals surface area (Å²) in [7, 11) is 1.37. The molecule has 1 heterocycles. The minimum Gasteiger partial charge on any atom is -0.497 e. The lowest BCUT2D eigenvalue weighted by Crippen LogP contribution is -2.47. The van der Waals surface area contributed by atoms with E-state index in [1.54, 1.807) is 19.1 Å². The maximum absolute atomic E-state index is 15.6. The average Bonchev–Trinajstić information content (AvgIpc) is 2.91. The first-order chi connectivity index (χ1) is 18.2. The molecule has 0 spiro atoms. The molecule has 2 aromatic carbocycles. The summed E-state index contributed by atoms with van der Waals surface area (Å²) in [5.74, 6) is -2.92. The number of hydroxylamine groups is 1. The number of hydrogen-bond acceptors (Lipinski definition) is 8. The van der Waals surface area contributed by atoms with Crippen LogP contribution in [0.25, 0.3) is 0 Å². The van der Waals surface area contributed by atoms with Gasteiger partial charge in [-0.2, -0.15) is 0 Å². The number of aryl methyl sites for hydroxylation is 1. The van der Waals surface area contributed by atoms with Crippen LogP contribution in [0.3, 0.4) is 0 Å². The van der Waals surface area contributed by atoms with Gasteiger partial charge in [0.15, 0.2) is 11.6 Å². The lowest BCUT2D eigenvalue weighted by molar-refractivity contribution is -0.176. The number of amides is 2. The zero-order valence-electron chi connectivity index (χ0n) is 21.1. The van der Waals surface area contributed by atoms with Crippen molar-refractivity contribution in [2.45, 2.75) is 26.3 Å². The highest BCUT2D eigenvalue weighted by molar-refractivity contribution is 5.96. The molecule has 3 aromatic rings. The first-order valence-corrected chi connectivity index (χ1v) is 11.6. The molecule has 0 aliphatic heterocycles.